The van der Waals surface area contributed by atoms with Gasteiger partial charge in [-0.1, -0.05) is 49.4 Å². The van der Waals surface area contributed by atoms with Gasteiger partial charge in [-0.25, -0.2) is 4.79 Å². The number of carbonyl (C=O) groups excluding carboxylic acids is 3. The van der Waals surface area contributed by atoms with Gasteiger partial charge in [0, 0.05) is 26.0 Å². The van der Waals surface area contributed by atoms with Crippen molar-refractivity contribution in [3.8, 4) is 0 Å². The predicted octanol–water partition coefficient (Wildman–Crippen LogP) is 3.59. The van der Waals surface area contributed by atoms with E-state index in [1.165, 1.54) is 7.11 Å². The van der Waals surface area contributed by atoms with Crippen LogP contribution in [0.5, 0.6) is 0 Å². The van der Waals surface area contributed by atoms with E-state index in [0.29, 0.717) is 6.54 Å². The van der Waals surface area contributed by atoms with E-state index in [-0.39, 0.29) is 24.7 Å². The van der Waals surface area contributed by atoms with Crippen LogP contribution < -0.4 is 10.6 Å². The number of fused-ring (bicyclic) bond motifs is 1. The lowest BCUT2D eigenvalue weighted by molar-refractivity contribution is -0.130. The van der Waals surface area contributed by atoms with Crippen LogP contribution in [0.4, 0.5) is 4.79 Å². The molecule has 0 aromatic heterocycles. The fourth-order valence-electron chi connectivity index (χ4n) is 3.17. The summed E-state index contributed by atoms with van der Waals surface area (Å²) in [6.45, 7) is 7.28. The number of carbonyl (C=O) groups is 3. The topological polar surface area (TPSA) is 93.7 Å². The molecule has 0 aliphatic heterocycles. The van der Waals surface area contributed by atoms with Gasteiger partial charge in [-0.15, -0.1) is 0 Å². The van der Waals surface area contributed by atoms with Crippen molar-refractivity contribution in [3.05, 3.63) is 48.0 Å². The highest BCUT2D eigenvalue weighted by Crippen LogP contribution is 2.18. The predicted molar refractivity (Wildman–Crippen MR) is 120 cm³/mol. The monoisotopic (exact) mass is 428 g/mol. The molecule has 2 rings (SSSR count). The molecule has 0 fully saturated rings. The average molecular weight is 429 g/mol. The molecule has 2 atom stereocenters. The second-order valence-corrected chi connectivity index (χ2v) is 8.58. The van der Waals surface area contributed by atoms with Crippen LogP contribution in [0.3, 0.4) is 0 Å². The van der Waals surface area contributed by atoms with Crippen LogP contribution in [0.25, 0.3) is 10.8 Å². The third-order valence-electron chi connectivity index (χ3n) is 4.70. The fraction of sp³-hybridized carbons (Fsp3) is 0.458. The molecule has 7 nitrogen and oxygen atoms in total. The number of hydrogen-bond donors (Lipinski definition) is 2. The number of benzene rings is 2. The zero-order chi connectivity index (χ0) is 23.0. The highest BCUT2D eigenvalue weighted by atomic mass is 16.6. The highest BCUT2D eigenvalue weighted by molar-refractivity contribution is 5.92. The molecule has 168 valence electrons. The Kier molecular flexibility index (Phi) is 8.56. The van der Waals surface area contributed by atoms with Crippen LogP contribution in [0.2, 0.25) is 0 Å². The standard InChI is InChI=1S/C24H32N2O5/c1-16(13-21(27)20(15-30-5)26-23(29)31-24(2,3)4)22(28)25-14-18-11-8-10-17-9-6-7-12-19(17)18/h6-12,16,20H,13-15H2,1-5H3,(H,25,28)(H,26,29)/t16-,20+/m1/s1. The Morgan fingerprint density at radius 2 is 1.71 bits per heavy atom. The van der Waals surface area contributed by atoms with Crippen molar-refractivity contribution in [2.24, 2.45) is 5.92 Å². The van der Waals surface area contributed by atoms with E-state index in [9.17, 15) is 14.4 Å². The van der Waals surface area contributed by atoms with E-state index in [0.717, 1.165) is 16.3 Å². The Bertz CT molecular complexity index is 914. The highest BCUT2D eigenvalue weighted by Gasteiger charge is 2.27. The number of methoxy groups -OCH3 is 1. The lowest BCUT2D eigenvalue weighted by Crippen LogP contribution is -2.47. The van der Waals surface area contributed by atoms with Crippen molar-refractivity contribution >= 4 is 28.6 Å². The number of nitrogens with one attached hydrogen (secondary N) is 2. The summed E-state index contributed by atoms with van der Waals surface area (Å²) < 4.78 is 10.3. The van der Waals surface area contributed by atoms with Crippen LogP contribution in [0.15, 0.2) is 42.5 Å². The van der Waals surface area contributed by atoms with Crippen molar-refractivity contribution in [1.82, 2.24) is 10.6 Å². The van der Waals surface area contributed by atoms with E-state index >= 15 is 0 Å². The molecule has 7 heteroatoms. The molecule has 31 heavy (non-hydrogen) atoms. The first-order valence-electron chi connectivity index (χ1n) is 10.4. The third-order valence-corrected chi connectivity index (χ3v) is 4.70. The number of ketones is 1. The number of alkyl carbamates (subject to hydrolysis) is 1. The lowest BCUT2D eigenvalue weighted by atomic mass is 9.99. The molecule has 0 bridgehead atoms. The largest absolute Gasteiger partial charge is 0.444 e. The number of rotatable bonds is 9. The third kappa shape index (κ3) is 7.68. The van der Waals surface area contributed by atoms with Gasteiger partial charge in [-0.3, -0.25) is 9.59 Å². The van der Waals surface area contributed by atoms with Gasteiger partial charge < -0.3 is 20.1 Å². The summed E-state index contributed by atoms with van der Waals surface area (Å²) in [7, 11) is 1.44. The quantitative estimate of drug-likeness (QED) is 0.637. The van der Waals surface area contributed by atoms with Crippen LogP contribution >= 0.6 is 0 Å². The molecular weight excluding hydrogens is 396 g/mol. The molecule has 0 unspecified atom stereocenters. The maximum absolute atomic E-state index is 12.7. The molecule has 0 heterocycles. The van der Waals surface area contributed by atoms with Crippen LogP contribution in [-0.4, -0.2) is 43.1 Å². The van der Waals surface area contributed by atoms with Gasteiger partial charge in [0.05, 0.1) is 6.61 Å². The van der Waals surface area contributed by atoms with E-state index in [2.05, 4.69) is 10.6 Å². The first-order valence-corrected chi connectivity index (χ1v) is 10.4. The zero-order valence-corrected chi connectivity index (χ0v) is 18.9. The molecule has 0 saturated carbocycles. The number of Topliss-reactive ketones (excluding diaryl/α,β-unsaturated/α-hetero) is 1. The molecule has 0 radical (unpaired) electrons. The summed E-state index contributed by atoms with van der Waals surface area (Å²) in [6.07, 6.45) is -0.721. The van der Waals surface area contributed by atoms with Crippen molar-refractivity contribution in [1.29, 1.82) is 0 Å². The molecule has 2 amide bonds. The van der Waals surface area contributed by atoms with Gasteiger partial charge in [0.2, 0.25) is 5.91 Å². The summed E-state index contributed by atoms with van der Waals surface area (Å²) in [4.78, 5) is 37.3. The minimum atomic E-state index is -0.881. The van der Waals surface area contributed by atoms with Crippen LogP contribution in [0, 0.1) is 5.92 Å². The summed E-state index contributed by atoms with van der Waals surface area (Å²) in [6, 6.07) is 13.0. The molecule has 0 saturated heterocycles. The Balaban J connectivity index is 1.93. The molecule has 0 aliphatic rings. The van der Waals surface area contributed by atoms with Crippen molar-refractivity contribution < 1.29 is 23.9 Å². The Morgan fingerprint density at radius 1 is 1.03 bits per heavy atom. The van der Waals surface area contributed by atoms with Crippen molar-refractivity contribution in [2.45, 2.75) is 52.3 Å². The van der Waals surface area contributed by atoms with E-state index < -0.39 is 23.7 Å². The minimum Gasteiger partial charge on any atom is -0.444 e. The van der Waals surface area contributed by atoms with E-state index in [1.807, 2.05) is 42.5 Å². The molecule has 2 aromatic rings. The Morgan fingerprint density at radius 3 is 2.39 bits per heavy atom. The smallest absolute Gasteiger partial charge is 0.408 e. The first kappa shape index (κ1) is 24.3. The molecule has 2 N–H and O–H groups in total. The zero-order valence-electron chi connectivity index (χ0n) is 18.9. The Labute approximate surface area is 183 Å². The Hall–Kier alpha value is -2.93. The normalized spacial score (nSPS) is 13.3. The van der Waals surface area contributed by atoms with Crippen LogP contribution in [0.1, 0.15) is 39.7 Å². The van der Waals surface area contributed by atoms with E-state index in [4.69, 9.17) is 9.47 Å². The average Bonchev–Trinajstić information content (AvgIpc) is 2.70. The second-order valence-electron chi connectivity index (χ2n) is 8.58. The lowest BCUT2D eigenvalue weighted by Gasteiger charge is -2.23. The maximum atomic E-state index is 12.7. The van der Waals surface area contributed by atoms with Gasteiger partial charge in [-0.05, 0) is 37.1 Å². The number of ether oxygens (including phenoxy) is 2. The molecule has 0 spiro atoms. The van der Waals surface area contributed by atoms with Crippen molar-refractivity contribution in [2.75, 3.05) is 13.7 Å². The molecule has 2 aromatic carbocycles. The van der Waals surface area contributed by atoms with Gasteiger partial charge >= 0.3 is 6.09 Å². The number of hydrogen-bond acceptors (Lipinski definition) is 5. The van der Waals surface area contributed by atoms with Crippen molar-refractivity contribution in [3.63, 3.8) is 0 Å². The second kappa shape index (κ2) is 10.9. The van der Waals surface area contributed by atoms with Gasteiger partial charge in [0.15, 0.2) is 5.78 Å². The molecule has 0 aliphatic carbocycles. The fourth-order valence-corrected chi connectivity index (χ4v) is 3.17. The maximum Gasteiger partial charge on any atom is 0.408 e. The van der Waals surface area contributed by atoms with Crippen LogP contribution in [-0.2, 0) is 25.6 Å². The minimum absolute atomic E-state index is 0.00240. The number of amides is 2. The van der Waals surface area contributed by atoms with Gasteiger partial charge in [0.25, 0.3) is 0 Å². The SMILES string of the molecule is COC[C@H](NC(=O)OC(C)(C)C)C(=O)C[C@@H](C)C(=O)NCc1cccc2ccccc12. The first-order chi connectivity index (χ1) is 14.6. The molecular formula is C24H32N2O5. The van der Waals surface area contributed by atoms with Gasteiger partial charge in [0.1, 0.15) is 11.6 Å². The van der Waals surface area contributed by atoms with Gasteiger partial charge in [-0.2, -0.15) is 0 Å². The summed E-state index contributed by atoms with van der Waals surface area (Å²) >= 11 is 0. The summed E-state index contributed by atoms with van der Waals surface area (Å²) in [5, 5.41) is 7.62. The summed E-state index contributed by atoms with van der Waals surface area (Å²) in [5.74, 6) is -1.07. The van der Waals surface area contributed by atoms with E-state index in [1.54, 1.807) is 27.7 Å². The summed E-state index contributed by atoms with van der Waals surface area (Å²) in [5.41, 5.74) is 0.327.